The van der Waals surface area contributed by atoms with Crippen LogP contribution in [0.15, 0.2) is 18.2 Å². The van der Waals surface area contributed by atoms with Crippen LogP contribution in [-0.2, 0) is 12.8 Å². The molecule has 2 N–H and O–H groups in total. The molecule has 86 valence electrons. The summed E-state index contributed by atoms with van der Waals surface area (Å²) in [4.78, 5) is 0. The van der Waals surface area contributed by atoms with Gasteiger partial charge in [-0.15, -0.1) is 0 Å². The molecule has 2 unspecified atom stereocenters. The summed E-state index contributed by atoms with van der Waals surface area (Å²) in [5.74, 6) is 0.836. The molecule has 1 aliphatic carbocycles. The van der Waals surface area contributed by atoms with Gasteiger partial charge < -0.3 is 0 Å². The highest BCUT2D eigenvalue weighted by atomic mass is 15.4. The molecule has 0 saturated carbocycles. The van der Waals surface area contributed by atoms with E-state index in [2.05, 4.69) is 36.0 Å². The highest BCUT2D eigenvalue weighted by molar-refractivity contribution is 5.37. The van der Waals surface area contributed by atoms with Gasteiger partial charge in [0.1, 0.15) is 0 Å². The van der Waals surface area contributed by atoms with Gasteiger partial charge in [0.25, 0.3) is 0 Å². The summed E-state index contributed by atoms with van der Waals surface area (Å²) in [7, 11) is 0. The molecule has 1 aromatic carbocycles. The molecule has 1 heterocycles. The minimum absolute atomic E-state index is 0.509. The van der Waals surface area contributed by atoms with Crippen molar-refractivity contribution >= 4 is 0 Å². The average molecular weight is 216 g/mol. The molecule has 1 saturated heterocycles. The van der Waals surface area contributed by atoms with Crippen LogP contribution in [-0.4, -0.2) is 6.54 Å². The maximum atomic E-state index is 3.39. The largest absolute Gasteiger partial charge is 0.257 e. The molecule has 0 bridgehead atoms. The van der Waals surface area contributed by atoms with Crippen LogP contribution >= 0.6 is 0 Å². The van der Waals surface area contributed by atoms with Crippen molar-refractivity contribution in [1.82, 2.24) is 10.9 Å². The quantitative estimate of drug-likeness (QED) is 0.753. The van der Waals surface area contributed by atoms with Gasteiger partial charge in [0.2, 0.25) is 0 Å². The number of rotatable bonds is 1. The maximum Gasteiger partial charge on any atom is 0.0462 e. The first-order valence-electron chi connectivity index (χ1n) is 6.43. The van der Waals surface area contributed by atoms with Crippen LogP contribution < -0.4 is 10.9 Å². The zero-order valence-electron chi connectivity index (χ0n) is 9.92. The lowest BCUT2D eigenvalue weighted by Gasteiger charge is -2.25. The van der Waals surface area contributed by atoms with Crippen molar-refractivity contribution in [3.8, 4) is 0 Å². The Balaban J connectivity index is 1.84. The molecule has 2 atom stereocenters. The third-order valence-electron chi connectivity index (χ3n) is 3.84. The molecule has 1 aliphatic heterocycles. The van der Waals surface area contributed by atoms with E-state index in [0.717, 1.165) is 12.5 Å². The highest BCUT2D eigenvalue weighted by Gasteiger charge is 2.20. The monoisotopic (exact) mass is 216 g/mol. The lowest BCUT2D eigenvalue weighted by Crippen LogP contribution is -2.40. The van der Waals surface area contributed by atoms with E-state index in [-0.39, 0.29) is 0 Å². The summed E-state index contributed by atoms with van der Waals surface area (Å²) in [5, 5.41) is 0. The summed E-state index contributed by atoms with van der Waals surface area (Å²) in [5.41, 5.74) is 11.3. The molecule has 2 aliphatic rings. The first-order chi connectivity index (χ1) is 7.83. The predicted octanol–water partition coefficient (Wildman–Crippen LogP) is 2.35. The highest BCUT2D eigenvalue weighted by Crippen LogP contribution is 2.30. The summed E-state index contributed by atoms with van der Waals surface area (Å²) in [6.07, 6.45) is 5.06. The molecule has 0 radical (unpaired) electrons. The Labute approximate surface area is 97.4 Å². The van der Waals surface area contributed by atoms with Gasteiger partial charge in [0.05, 0.1) is 0 Å². The number of benzene rings is 1. The first kappa shape index (κ1) is 10.3. The van der Waals surface area contributed by atoms with Crippen molar-refractivity contribution in [1.29, 1.82) is 0 Å². The number of hydrazine groups is 1. The minimum atomic E-state index is 0.509. The molecule has 0 spiro atoms. The molecule has 16 heavy (non-hydrogen) atoms. The Morgan fingerprint density at radius 3 is 2.88 bits per heavy atom. The van der Waals surface area contributed by atoms with Crippen LogP contribution in [0.4, 0.5) is 0 Å². The lowest BCUT2D eigenvalue weighted by molar-refractivity contribution is 0.350. The molecule has 0 aromatic heterocycles. The Bertz CT molecular complexity index is 380. The average Bonchev–Trinajstić information content (AvgIpc) is 2.69. The fourth-order valence-corrected chi connectivity index (χ4v) is 2.99. The minimum Gasteiger partial charge on any atom is -0.257 e. The van der Waals surface area contributed by atoms with E-state index in [1.165, 1.54) is 31.2 Å². The van der Waals surface area contributed by atoms with Gasteiger partial charge in [-0.2, -0.15) is 0 Å². The van der Waals surface area contributed by atoms with Gasteiger partial charge in [-0.25, -0.2) is 0 Å². The Kier molecular flexibility index (Phi) is 2.70. The van der Waals surface area contributed by atoms with Crippen LogP contribution in [0.5, 0.6) is 0 Å². The molecule has 1 aromatic rings. The topological polar surface area (TPSA) is 24.1 Å². The van der Waals surface area contributed by atoms with E-state index in [4.69, 9.17) is 0 Å². The van der Waals surface area contributed by atoms with Crippen LogP contribution in [0.25, 0.3) is 0 Å². The van der Waals surface area contributed by atoms with Crippen LogP contribution in [0.2, 0.25) is 0 Å². The number of fused-ring (bicyclic) bond motifs is 1. The fraction of sp³-hybridized carbons (Fsp3) is 0.571. The standard InChI is InChI=1S/C14H20N2/c1-10-7-11-4-5-12(9-13(11)8-10)14-3-2-6-15-16-14/h4-5,9-10,14-16H,2-3,6-8H2,1H3. The van der Waals surface area contributed by atoms with Gasteiger partial charge in [0, 0.05) is 12.6 Å². The molecule has 1 fully saturated rings. The van der Waals surface area contributed by atoms with E-state index in [0.29, 0.717) is 6.04 Å². The van der Waals surface area contributed by atoms with Crippen LogP contribution in [0.3, 0.4) is 0 Å². The summed E-state index contributed by atoms with van der Waals surface area (Å²) >= 11 is 0. The second kappa shape index (κ2) is 4.19. The third-order valence-corrected chi connectivity index (χ3v) is 3.84. The number of hydrogen-bond donors (Lipinski definition) is 2. The number of hydrogen-bond acceptors (Lipinski definition) is 2. The van der Waals surface area contributed by atoms with Gasteiger partial charge >= 0.3 is 0 Å². The molecular formula is C14H20N2. The molecule has 2 heteroatoms. The summed E-state index contributed by atoms with van der Waals surface area (Å²) in [6, 6.07) is 7.57. The lowest BCUT2D eigenvalue weighted by atomic mass is 9.97. The van der Waals surface area contributed by atoms with Crippen molar-refractivity contribution in [2.45, 2.75) is 38.6 Å². The maximum absolute atomic E-state index is 3.39. The summed E-state index contributed by atoms with van der Waals surface area (Å²) < 4.78 is 0. The molecular weight excluding hydrogens is 196 g/mol. The van der Waals surface area contributed by atoms with Gasteiger partial charge in [-0.1, -0.05) is 25.1 Å². The van der Waals surface area contributed by atoms with Crippen molar-refractivity contribution in [3.63, 3.8) is 0 Å². The first-order valence-corrected chi connectivity index (χ1v) is 6.43. The second-order valence-corrected chi connectivity index (χ2v) is 5.31. The van der Waals surface area contributed by atoms with Crippen molar-refractivity contribution in [3.05, 3.63) is 34.9 Å². The van der Waals surface area contributed by atoms with Gasteiger partial charge in [0.15, 0.2) is 0 Å². The Morgan fingerprint density at radius 2 is 2.06 bits per heavy atom. The van der Waals surface area contributed by atoms with E-state index >= 15 is 0 Å². The van der Waals surface area contributed by atoms with Crippen LogP contribution in [0.1, 0.15) is 42.5 Å². The Hall–Kier alpha value is -0.860. The Morgan fingerprint density at radius 1 is 1.19 bits per heavy atom. The van der Waals surface area contributed by atoms with Crippen molar-refractivity contribution in [2.24, 2.45) is 5.92 Å². The zero-order valence-corrected chi connectivity index (χ0v) is 9.92. The van der Waals surface area contributed by atoms with E-state index in [1.54, 1.807) is 11.1 Å². The van der Waals surface area contributed by atoms with E-state index < -0.39 is 0 Å². The smallest absolute Gasteiger partial charge is 0.0462 e. The second-order valence-electron chi connectivity index (χ2n) is 5.31. The van der Waals surface area contributed by atoms with E-state index in [9.17, 15) is 0 Å². The molecule has 2 nitrogen and oxygen atoms in total. The predicted molar refractivity (Wildman–Crippen MR) is 66.1 cm³/mol. The van der Waals surface area contributed by atoms with E-state index in [1.807, 2.05) is 0 Å². The normalized spacial score (nSPS) is 29.1. The zero-order chi connectivity index (χ0) is 11.0. The van der Waals surface area contributed by atoms with Gasteiger partial charge in [-0.3, -0.25) is 10.9 Å². The summed E-state index contributed by atoms with van der Waals surface area (Å²) in [6.45, 7) is 3.44. The van der Waals surface area contributed by atoms with Crippen molar-refractivity contribution < 1.29 is 0 Å². The SMILES string of the molecule is CC1Cc2ccc(C3CCCNN3)cc2C1. The molecule has 0 amide bonds. The third kappa shape index (κ3) is 1.87. The molecule has 3 rings (SSSR count). The van der Waals surface area contributed by atoms with Crippen LogP contribution in [0, 0.1) is 5.92 Å². The number of nitrogens with one attached hydrogen (secondary N) is 2. The fourth-order valence-electron chi connectivity index (χ4n) is 2.99. The van der Waals surface area contributed by atoms with Crippen molar-refractivity contribution in [2.75, 3.05) is 6.54 Å². The van der Waals surface area contributed by atoms with Gasteiger partial charge in [-0.05, 0) is 48.3 Å².